The molecule has 14 heteroatoms. The van der Waals surface area contributed by atoms with Crippen molar-refractivity contribution < 1.29 is 23.9 Å². The summed E-state index contributed by atoms with van der Waals surface area (Å²) in [5.41, 5.74) is 12.1. The van der Waals surface area contributed by atoms with Crippen LogP contribution in [0, 0.1) is 18.3 Å². The van der Waals surface area contributed by atoms with Gasteiger partial charge in [0.1, 0.15) is 23.7 Å². The molecule has 4 atom stereocenters. The van der Waals surface area contributed by atoms with Crippen molar-refractivity contribution in [3.05, 3.63) is 71.4 Å². The zero-order chi connectivity index (χ0) is 38.7. The fraction of sp³-hybridized carbons (Fsp3) is 0.450. The molecule has 2 aliphatic rings. The second kappa shape index (κ2) is 16.2. The number of nitrogens with two attached hydrogens (primary N) is 1. The molecule has 0 saturated carbocycles. The topological polar surface area (TPSA) is 158 Å². The van der Waals surface area contributed by atoms with Crippen LogP contribution in [-0.2, 0) is 14.4 Å². The highest BCUT2D eigenvalue weighted by molar-refractivity contribution is 7.13. The number of aromatic hydroxyl groups is 1. The lowest BCUT2D eigenvalue weighted by atomic mass is 9.76. The van der Waals surface area contributed by atoms with E-state index in [1.807, 2.05) is 81.4 Å². The number of phenols is 1. The van der Waals surface area contributed by atoms with Gasteiger partial charge in [0.25, 0.3) is 0 Å². The van der Waals surface area contributed by atoms with E-state index < -0.39 is 29.5 Å². The number of hydrogen-bond acceptors (Lipinski definition) is 11. The summed E-state index contributed by atoms with van der Waals surface area (Å²) >= 11 is 1.57. The maximum Gasteiger partial charge on any atom is 0.243 e. The van der Waals surface area contributed by atoms with E-state index in [2.05, 4.69) is 25.4 Å². The highest BCUT2D eigenvalue weighted by Gasteiger charge is 2.45. The van der Waals surface area contributed by atoms with E-state index in [0.29, 0.717) is 43.1 Å². The fourth-order valence-electron chi connectivity index (χ4n) is 7.29. The molecule has 6 rings (SSSR count). The fourth-order valence-corrected chi connectivity index (χ4v) is 8.10. The lowest BCUT2D eigenvalue weighted by molar-refractivity contribution is -0.146. The SMILES string of the molecule is Cc1ncsc1-c1ccc([C@H](C)NC(=O)[C@@H]2C[C@@H](F)CN2C(=O)[C@@H](CC(=O)CN2CCN(c3cc(-c4ccccc4O)nnc3N)CC2)C(C)(C)C)cc1. The highest BCUT2D eigenvalue weighted by Crippen LogP contribution is 2.35. The van der Waals surface area contributed by atoms with Crippen LogP contribution in [0.25, 0.3) is 21.7 Å². The third-order valence-electron chi connectivity index (χ3n) is 10.5. The van der Waals surface area contributed by atoms with E-state index in [1.54, 1.807) is 29.5 Å². The Morgan fingerprint density at radius 2 is 1.76 bits per heavy atom. The molecule has 54 heavy (non-hydrogen) atoms. The summed E-state index contributed by atoms with van der Waals surface area (Å²) in [5, 5.41) is 21.6. The molecule has 0 aliphatic carbocycles. The summed E-state index contributed by atoms with van der Waals surface area (Å²) in [6.45, 7) is 11.8. The van der Waals surface area contributed by atoms with Crippen LogP contribution >= 0.6 is 11.3 Å². The molecular formula is C40H49FN8O4S. The maximum absolute atomic E-state index is 15.0. The van der Waals surface area contributed by atoms with Crippen LogP contribution in [0.5, 0.6) is 5.75 Å². The Morgan fingerprint density at radius 3 is 2.41 bits per heavy atom. The minimum absolute atomic E-state index is 0.0164. The number of alkyl halides is 1. The predicted molar refractivity (Wildman–Crippen MR) is 209 cm³/mol. The standard InChI is InChI=1S/C40H49FN8O4S/c1-24(26-10-12-27(13-11-26)36-25(2)43-23-54-36)44-38(52)34-18-28(41)21-49(34)39(53)31(40(3,4)5)19-29(50)22-47-14-16-48(17-15-47)33-20-32(45-46-37(33)42)30-8-6-7-9-35(30)51/h6-13,20,23-24,28,31,34,51H,14-19,21-22H2,1-5H3,(H2,42,46)(H,44,52)/t24-,28+,31+,34-/m0/s1. The van der Waals surface area contributed by atoms with Crippen LogP contribution < -0.4 is 16.0 Å². The predicted octanol–water partition coefficient (Wildman–Crippen LogP) is 5.42. The van der Waals surface area contributed by atoms with Crippen LogP contribution in [0.4, 0.5) is 15.9 Å². The summed E-state index contributed by atoms with van der Waals surface area (Å²) in [4.78, 5) is 52.3. The molecule has 4 N–H and O–H groups in total. The third kappa shape index (κ3) is 8.71. The van der Waals surface area contributed by atoms with Gasteiger partial charge in [0.2, 0.25) is 11.8 Å². The molecule has 4 aromatic rings. The summed E-state index contributed by atoms with van der Waals surface area (Å²) in [5.74, 6) is -1.23. The number of nitrogens with one attached hydrogen (secondary N) is 1. The first-order valence-corrected chi connectivity index (χ1v) is 19.2. The van der Waals surface area contributed by atoms with Gasteiger partial charge in [-0.15, -0.1) is 21.5 Å². The Kier molecular flexibility index (Phi) is 11.6. The van der Waals surface area contributed by atoms with E-state index in [-0.39, 0.29) is 55.2 Å². The summed E-state index contributed by atoms with van der Waals surface area (Å²) < 4.78 is 15.0. The van der Waals surface area contributed by atoms with Gasteiger partial charge in [0.05, 0.1) is 46.6 Å². The zero-order valence-corrected chi connectivity index (χ0v) is 32.3. The maximum atomic E-state index is 15.0. The van der Waals surface area contributed by atoms with Crippen molar-refractivity contribution in [3.8, 4) is 27.4 Å². The van der Waals surface area contributed by atoms with Crippen LogP contribution in [-0.4, -0.2) is 99.2 Å². The summed E-state index contributed by atoms with van der Waals surface area (Å²) in [6.07, 6.45) is -1.44. The van der Waals surface area contributed by atoms with Gasteiger partial charge in [-0.05, 0) is 48.6 Å². The molecule has 4 heterocycles. The van der Waals surface area contributed by atoms with Crippen molar-refractivity contribution in [2.45, 2.75) is 65.7 Å². The number of benzene rings is 2. The van der Waals surface area contributed by atoms with E-state index in [1.165, 1.54) is 4.90 Å². The van der Waals surface area contributed by atoms with E-state index >= 15 is 0 Å². The van der Waals surface area contributed by atoms with Gasteiger partial charge < -0.3 is 26.0 Å². The molecule has 286 valence electrons. The van der Waals surface area contributed by atoms with Gasteiger partial charge in [-0.3, -0.25) is 19.3 Å². The van der Waals surface area contributed by atoms with E-state index in [4.69, 9.17) is 5.73 Å². The molecular weight excluding hydrogens is 708 g/mol. The molecule has 2 aromatic carbocycles. The number of carbonyl (C=O) groups is 3. The lowest BCUT2D eigenvalue weighted by Gasteiger charge is -2.37. The number of nitrogens with zero attached hydrogens (tertiary/aromatic N) is 6. The number of ketones is 1. The Morgan fingerprint density at radius 1 is 1.06 bits per heavy atom. The highest BCUT2D eigenvalue weighted by atomic mass is 32.1. The number of carbonyl (C=O) groups excluding carboxylic acids is 3. The van der Waals surface area contributed by atoms with Crippen LogP contribution in [0.1, 0.15) is 57.8 Å². The number of hydrogen-bond donors (Lipinski definition) is 3. The first-order chi connectivity index (χ1) is 25.7. The second-order valence-electron chi connectivity index (χ2n) is 15.4. The van der Waals surface area contributed by atoms with Gasteiger partial charge in [-0.25, -0.2) is 9.37 Å². The minimum atomic E-state index is -1.34. The molecule has 2 aromatic heterocycles. The quantitative estimate of drug-likeness (QED) is 0.181. The Bertz CT molecular complexity index is 1970. The van der Waals surface area contributed by atoms with Gasteiger partial charge >= 0.3 is 0 Å². The molecule has 2 aliphatic heterocycles. The molecule has 2 amide bonds. The van der Waals surface area contributed by atoms with Gasteiger partial charge in [-0.2, -0.15) is 0 Å². The number of anilines is 2. The lowest BCUT2D eigenvalue weighted by Crippen LogP contribution is -2.51. The monoisotopic (exact) mass is 756 g/mol. The number of piperazine rings is 1. The van der Waals surface area contributed by atoms with Crippen LogP contribution in [0.15, 0.2) is 60.1 Å². The van der Waals surface area contributed by atoms with E-state index in [9.17, 15) is 23.9 Å². The molecule has 12 nitrogen and oxygen atoms in total. The minimum Gasteiger partial charge on any atom is -0.507 e. The molecule has 0 bridgehead atoms. The zero-order valence-electron chi connectivity index (χ0n) is 31.5. The normalized spacial score (nSPS) is 19.1. The Hall–Kier alpha value is -4.95. The largest absolute Gasteiger partial charge is 0.507 e. The molecule has 2 fully saturated rings. The summed E-state index contributed by atoms with van der Waals surface area (Å²) in [7, 11) is 0. The van der Waals surface area contributed by atoms with Crippen molar-refractivity contribution in [1.82, 2.24) is 30.3 Å². The number of thiazole rings is 1. The number of phenolic OH excluding ortho intramolecular Hbond substituents is 1. The summed E-state index contributed by atoms with van der Waals surface area (Å²) in [6, 6.07) is 15.3. The first kappa shape index (κ1) is 38.8. The van der Waals surface area contributed by atoms with Crippen LogP contribution in [0.2, 0.25) is 0 Å². The van der Waals surface area contributed by atoms with Gasteiger partial charge in [-0.1, -0.05) is 57.2 Å². The number of rotatable bonds is 11. The van der Waals surface area contributed by atoms with Crippen molar-refractivity contribution in [2.24, 2.45) is 11.3 Å². The molecule has 0 radical (unpaired) electrons. The number of Topliss-reactive ketones (excluding diaryl/α,β-unsaturated/α-hetero) is 1. The number of nitrogen functional groups attached to an aromatic ring is 1. The second-order valence-corrected chi connectivity index (χ2v) is 16.3. The van der Waals surface area contributed by atoms with Crippen molar-refractivity contribution in [1.29, 1.82) is 0 Å². The van der Waals surface area contributed by atoms with Gasteiger partial charge in [0, 0.05) is 50.5 Å². The number of amides is 2. The van der Waals surface area contributed by atoms with Crippen molar-refractivity contribution in [3.63, 3.8) is 0 Å². The number of halogens is 1. The van der Waals surface area contributed by atoms with Crippen molar-refractivity contribution >= 4 is 40.4 Å². The molecule has 0 spiro atoms. The smallest absolute Gasteiger partial charge is 0.243 e. The third-order valence-corrected chi connectivity index (χ3v) is 11.5. The number of aromatic nitrogens is 3. The van der Waals surface area contributed by atoms with E-state index in [0.717, 1.165) is 21.7 Å². The first-order valence-electron chi connectivity index (χ1n) is 18.4. The Balaban J connectivity index is 1.06. The number of para-hydroxylation sites is 1. The number of likely N-dealkylation sites (tertiary alicyclic amines) is 1. The van der Waals surface area contributed by atoms with Gasteiger partial charge in [0.15, 0.2) is 5.82 Å². The van der Waals surface area contributed by atoms with Crippen LogP contribution in [0.3, 0.4) is 0 Å². The number of aryl methyl sites for hydroxylation is 1. The molecule has 2 saturated heterocycles. The molecule has 0 unspecified atom stereocenters. The average Bonchev–Trinajstić information content (AvgIpc) is 3.76. The van der Waals surface area contributed by atoms with Crippen molar-refractivity contribution in [2.75, 3.05) is 49.9 Å². The Labute approximate surface area is 319 Å². The average molecular weight is 757 g/mol.